The average Bonchev–Trinajstić information content (AvgIpc) is 3.26. The molecule has 0 aliphatic carbocycles. The molecule has 3 aromatic heterocycles. The maximum Gasteiger partial charge on any atom is 0.226 e. The van der Waals surface area contributed by atoms with Crippen molar-refractivity contribution in [3.8, 4) is 11.8 Å². The number of hydrogen-bond donors (Lipinski definition) is 3. The van der Waals surface area contributed by atoms with E-state index in [0.717, 1.165) is 11.1 Å². The van der Waals surface area contributed by atoms with Crippen LogP contribution in [-0.2, 0) is 13.5 Å². The highest BCUT2D eigenvalue weighted by atomic mass is 15.3. The van der Waals surface area contributed by atoms with Crippen LogP contribution in [0.25, 0.3) is 16.7 Å². The third-order valence-corrected chi connectivity index (χ3v) is 4.60. The van der Waals surface area contributed by atoms with Gasteiger partial charge >= 0.3 is 0 Å². The molecule has 0 aliphatic heterocycles. The number of aromatic nitrogens is 6. The number of nitriles is 1. The van der Waals surface area contributed by atoms with Gasteiger partial charge in [0.05, 0.1) is 23.0 Å². The highest BCUT2D eigenvalue weighted by Gasteiger charge is 2.16. The van der Waals surface area contributed by atoms with E-state index < -0.39 is 0 Å². The number of para-hydroxylation sites is 1. The molecule has 10 nitrogen and oxygen atoms in total. The molecule has 146 valence electrons. The highest BCUT2D eigenvalue weighted by molar-refractivity contribution is 5.86. The lowest BCUT2D eigenvalue weighted by molar-refractivity contribution is 0.779. The van der Waals surface area contributed by atoms with Crippen molar-refractivity contribution >= 4 is 28.6 Å². The molecule has 4 aromatic rings. The third kappa shape index (κ3) is 3.41. The fourth-order valence-corrected chi connectivity index (χ4v) is 3.12. The Hall–Kier alpha value is -4.13. The largest absolute Gasteiger partial charge is 0.383 e. The Morgan fingerprint density at radius 3 is 2.72 bits per heavy atom. The van der Waals surface area contributed by atoms with E-state index in [-0.39, 0.29) is 0 Å². The number of nitrogens with zero attached hydrogens (tertiary/aromatic N) is 7. The van der Waals surface area contributed by atoms with Gasteiger partial charge in [0.2, 0.25) is 5.95 Å². The second-order valence-electron chi connectivity index (χ2n) is 6.53. The minimum absolute atomic E-state index is 0.347. The van der Waals surface area contributed by atoms with Crippen molar-refractivity contribution in [3.05, 3.63) is 47.8 Å². The van der Waals surface area contributed by atoms with Gasteiger partial charge in [0.25, 0.3) is 0 Å². The lowest BCUT2D eigenvalue weighted by atomic mass is 10.1. The smallest absolute Gasteiger partial charge is 0.226 e. The van der Waals surface area contributed by atoms with Crippen LogP contribution in [0.3, 0.4) is 0 Å². The van der Waals surface area contributed by atoms with E-state index in [0.29, 0.717) is 53.9 Å². The van der Waals surface area contributed by atoms with E-state index in [9.17, 15) is 5.26 Å². The first-order valence-electron chi connectivity index (χ1n) is 9.10. The summed E-state index contributed by atoms with van der Waals surface area (Å²) in [5.41, 5.74) is 14.7. The first-order chi connectivity index (χ1) is 14.1. The Kier molecular flexibility index (Phi) is 4.70. The minimum Gasteiger partial charge on any atom is -0.383 e. The fraction of sp³-hybridized carbons (Fsp3) is 0.211. The molecule has 0 spiro atoms. The van der Waals surface area contributed by atoms with Crippen molar-refractivity contribution in [1.82, 2.24) is 29.5 Å². The standard InChI is InChI=1S/C19H20N10/c1-28-18-14(11-24-28)16(21)25-19(26-18)23-9-5-8-15-13(10-20)17(22)29(27-15)12-6-3-2-4-7-12/h2-4,6-7,11H,5,8-9,22H2,1H3,(H3,21,23,25,26). The first kappa shape index (κ1) is 18.2. The van der Waals surface area contributed by atoms with E-state index in [1.165, 1.54) is 0 Å². The molecular weight excluding hydrogens is 368 g/mol. The van der Waals surface area contributed by atoms with Gasteiger partial charge in [-0.2, -0.15) is 25.4 Å². The van der Waals surface area contributed by atoms with E-state index in [1.807, 2.05) is 30.3 Å². The first-order valence-corrected chi connectivity index (χ1v) is 9.10. The Morgan fingerprint density at radius 2 is 1.97 bits per heavy atom. The molecule has 10 heteroatoms. The predicted molar refractivity (Wildman–Crippen MR) is 110 cm³/mol. The summed E-state index contributed by atoms with van der Waals surface area (Å²) in [6.45, 7) is 0.589. The van der Waals surface area contributed by atoms with Gasteiger partial charge < -0.3 is 16.8 Å². The van der Waals surface area contributed by atoms with Gasteiger partial charge in [-0.25, -0.2) is 4.68 Å². The molecule has 3 heterocycles. The van der Waals surface area contributed by atoms with E-state index in [2.05, 4.69) is 31.6 Å². The van der Waals surface area contributed by atoms with Crippen LogP contribution in [0.15, 0.2) is 36.5 Å². The van der Waals surface area contributed by atoms with Crippen LogP contribution in [0.4, 0.5) is 17.6 Å². The maximum absolute atomic E-state index is 9.49. The minimum atomic E-state index is 0.347. The van der Waals surface area contributed by atoms with Crippen LogP contribution in [0, 0.1) is 11.3 Å². The number of benzene rings is 1. The number of nitrogen functional groups attached to an aromatic ring is 2. The molecule has 5 N–H and O–H groups in total. The van der Waals surface area contributed by atoms with Crippen molar-refractivity contribution in [1.29, 1.82) is 5.26 Å². The Balaban J connectivity index is 1.45. The van der Waals surface area contributed by atoms with E-state index in [4.69, 9.17) is 11.5 Å². The highest BCUT2D eigenvalue weighted by Crippen LogP contribution is 2.22. The molecular formula is C19H20N10. The third-order valence-electron chi connectivity index (χ3n) is 4.60. The van der Waals surface area contributed by atoms with Crippen molar-refractivity contribution in [3.63, 3.8) is 0 Å². The fourth-order valence-electron chi connectivity index (χ4n) is 3.12. The summed E-state index contributed by atoms with van der Waals surface area (Å²) in [6.07, 6.45) is 2.95. The molecule has 0 saturated heterocycles. The molecule has 1 aromatic carbocycles. The number of anilines is 3. The number of nitrogens with two attached hydrogens (primary N) is 2. The maximum atomic E-state index is 9.49. The summed E-state index contributed by atoms with van der Waals surface area (Å²) in [7, 11) is 1.80. The van der Waals surface area contributed by atoms with E-state index >= 15 is 0 Å². The predicted octanol–water partition coefficient (Wildman–Crippen LogP) is 1.63. The van der Waals surface area contributed by atoms with Gasteiger partial charge in [-0.05, 0) is 25.0 Å². The van der Waals surface area contributed by atoms with Crippen molar-refractivity contribution in [2.45, 2.75) is 12.8 Å². The van der Waals surface area contributed by atoms with Crippen LogP contribution >= 0.6 is 0 Å². The topological polar surface area (TPSA) is 149 Å². The Bertz CT molecular complexity index is 1200. The molecule has 0 aliphatic rings. The number of fused-ring (bicyclic) bond motifs is 1. The van der Waals surface area contributed by atoms with Crippen LogP contribution in [0.2, 0.25) is 0 Å². The number of hydrogen-bond acceptors (Lipinski definition) is 8. The molecule has 0 radical (unpaired) electrons. The van der Waals surface area contributed by atoms with Crippen molar-refractivity contribution < 1.29 is 0 Å². The summed E-state index contributed by atoms with van der Waals surface area (Å²) in [5.74, 6) is 1.17. The quantitative estimate of drug-likeness (QED) is 0.422. The number of aryl methyl sites for hydroxylation is 2. The molecule has 0 atom stereocenters. The summed E-state index contributed by atoms with van der Waals surface area (Å²) in [6, 6.07) is 11.7. The summed E-state index contributed by atoms with van der Waals surface area (Å²) >= 11 is 0. The molecule has 0 amide bonds. The van der Waals surface area contributed by atoms with Gasteiger partial charge in [0.15, 0.2) is 5.65 Å². The Morgan fingerprint density at radius 1 is 1.17 bits per heavy atom. The van der Waals surface area contributed by atoms with Gasteiger partial charge in [0, 0.05) is 13.6 Å². The van der Waals surface area contributed by atoms with Gasteiger partial charge in [0.1, 0.15) is 23.3 Å². The van der Waals surface area contributed by atoms with Crippen LogP contribution in [-0.4, -0.2) is 36.1 Å². The molecule has 29 heavy (non-hydrogen) atoms. The summed E-state index contributed by atoms with van der Waals surface area (Å²) < 4.78 is 3.25. The lowest BCUT2D eigenvalue weighted by Gasteiger charge is -2.06. The second-order valence-corrected chi connectivity index (χ2v) is 6.53. The molecule has 0 bridgehead atoms. The summed E-state index contributed by atoms with van der Waals surface area (Å²) in [4.78, 5) is 8.70. The van der Waals surface area contributed by atoms with Crippen LogP contribution < -0.4 is 16.8 Å². The normalized spacial score (nSPS) is 10.9. The zero-order valence-corrected chi connectivity index (χ0v) is 15.9. The second kappa shape index (κ2) is 7.47. The summed E-state index contributed by atoms with van der Waals surface area (Å²) in [5, 5.41) is 22.0. The zero-order chi connectivity index (χ0) is 20.4. The molecule has 0 fully saturated rings. The molecule has 0 unspecified atom stereocenters. The van der Waals surface area contributed by atoms with E-state index in [1.54, 1.807) is 22.6 Å². The van der Waals surface area contributed by atoms with Crippen molar-refractivity contribution in [2.24, 2.45) is 7.05 Å². The van der Waals surface area contributed by atoms with Crippen LogP contribution in [0.1, 0.15) is 17.7 Å². The van der Waals surface area contributed by atoms with Gasteiger partial charge in [-0.1, -0.05) is 18.2 Å². The van der Waals surface area contributed by atoms with Crippen LogP contribution in [0.5, 0.6) is 0 Å². The van der Waals surface area contributed by atoms with Crippen molar-refractivity contribution in [2.75, 3.05) is 23.3 Å². The number of rotatable bonds is 6. The van der Waals surface area contributed by atoms with Gasteiger partial charge in [-0.3, -0.25) is 4.68 Å². The SMILES string of the molecule is Cn1ncc2c(N)nc(NCCCc3nn(-c4ccccc4)c(N)c3C#N)nc21. The number of nitrogens with one attached hydrogen (secondary N) is 1. The van der Waals surface area contributed by atoms with Gasteiger partial charge in [-0.15, -0.1) is 0 Å². The molecule has 4 rings (SSSR count). The monoisotopic (exact) mass is 388 g/mol. The average molecular weight is 388 g/mol. The Labute approximate surface area is 166 Å². The molecule has 0 saturated carbocycles. The lowest BCUT2D eigenvalue weighted by Crippen LogP contribution is -2.09. The zero-order valence-electron chi connectivity index (χ0n) is 15.9.